The summed E-state index contributed by atoms with van der Waals surface area (Å²) in [5.74, 6) is -0.0542. The van der Waals surface area contributed by atoms with Gasteiger partial charge >= 0.3 is 0 Å². The molecule has 1 aliphatic carbocycles. The van der Waals surface area contributed by atoms with E-state index in [0.29, 0.717) is 17.3 Å². The molecule has 1 N–H and O–H groups in total. The Balaban J connectivity index is 1.57. The molecule has 1 aliphatic rings. The van der Waals surface area contributed by atoms with Crippen molar-refractivity contribution in [1.29, 1.82) is 0 Å². The van der Waals surface area contributed by atoms with E-state index >= 15 is 0 Å². The maximum Gasteiger partial charge on any atom is 0.253 e. The molecule has 1 heterocycles. The van der Waals surface area contributed by atoms with Gasteiger partial charge < -0.3 is 10.2 Å². The summed E-state index contributed by atoms with van der Waals surface area (Å²) in [6, 6.07) is 7.48. The predicted octanol–water partition coefficient (Wildman–Crippen LogP) is 4.04. The van der Waals surface area contributed by atoms with Crippen molar-refractivity contribution in [1.82, 2.24) is 9.88 Å². The molecular formula is C20H25N3O2S. The summed E-state index contributed by atoms with van der Waals surface area (Å²) in [5.41, 5.74) is 2.14. The molecule has 0 saturated heterocycles. The van der Waals surface area contributed by atoms with Gasteiger partial charge in [0.1, 0.15) is 0 Å². The van der Waals surface area contributed by atoms with Gasteiger partial charge in [0.15, 0.2) is 0 Å². The van der Waals surface area contributed by atoms with Crippen LogP contribution in [0.5, 0.6) is 0 Å². The van der Waals surface area contributed by atoms with Gasteiger partial charge in [-0.2, -0.15) is 0 Å². The number of benzene rings is 1. The van der Waals surface area contributed by atoms with E-state index in [9.17, 15) is 9.59 Å². The highest BCUT2D eigenvalue weighted by molar-refractivity contribution is 7.09. The van der Waals surface area contributed by atoms with E-state index < -0.39 is 0 Å². The number of aromatic nitrogens is 1. The van der Waals surface area contributed by atoms with Crippen molar-refractivity contribution in [2.24, 2.45) is 0 Å². The zero-order valence-electron chi connectivity index (χ0n) is 15.3. The number of amides is 2. The summed E-state index contributed by atoms with van der Waals surface area (Å²) in [7, 11) is 1.89. The first-order valence-electron chi connectivity index (χ1n) is 9.11. The maximum atomic E-state index is 12.7. The highest BCUT2D eigenvalue weighted by Gasteiger charge is 2.22. The van der Waals surface area contributed by atoms with Gasteiger partial charge in [-0.1, -0.05) is 19.3 Å². The summed E-state index contributed by atoms with van der Waals surface area (Å²) >= 11 is 1.54. The van der Waals surface area contributed by atoms with E-state index in [1.807, 2.05) is 24.3 Å². The number of rotatable bonds is 5. The number of hydrogen-bond acceptors (Lipinski definition) is 4. The fourth-order valence-corrected chi connectivity index (χ4v) is 4.01. The Hall–Kier alpha value is -2.21. The van der Waals surface area contributed by atoms with Crippen LogP contribution in [-0.2, 0) is 11.2 Å². The summed E-state index contributed by atoms with van der Waals surface area (Å²) in [5, 5.41) is 5.72. The molecule has 1 fully saturated rings. The Kier molecular flexibility index (Phi) is 6.04. The first kappa shape index (κ1) is 18.6. The molecule has 5 nitrogen and oxygen atoms in total. The van der Waals surface area contributed by atoms with Gasteiger partial charge in [-0.3, -0.25) is 9.59 Å². The molecule has 1 saturated carbocycles. The molecule has 2 aromatic rings. The van der Waals surface area contributed by atoms with Crippen LogP contribution in [0.1, 0.15) is 53.2 Å². The van der Waals surface area contributed by atoms with Crippen LogP contribution in [-0.4, -0.2) is 34.8 Å². The van der Waals surface area contributed by atoms with Crippen molar-refractivity contribution in [2.45, 2.75) is 51.5 Å². The molecule has 0 bridgehead atoms. The van der Waals surface area contributed by atoms with E-state index in [1.165, 1.54) is 30.6 Å². The number of thiazole rings is 1. The highest BCUT2D eigenvalue weighted by atomic mass is 32.1. The van der Waals surface area contributed by atoms with E-state index in [2.05, 4.69) is 10.3 Å². The van der Waals surface area contributed by atoms with Gasteiger partial charge in [0.2, 0.25) is 5.91 Å². The third-order valence-electron chi connectivity index (χ3n) is 4.87. The Morgan fingerprint density at radius 1 is 1.19 bits per heavy atom. The van der Waals surface area contributed by atoms with Crippen LogP contribution in [0.3, 0.4) is 0 Å². The number of hydrogen-bond donors (Lipinski definition) is 1. The highest BCUT2D eigenvalue weighted by Crippen LogP contribution is 2.23. The molecule has 2 amide bonds. The van der Waals surface area contributed by atoms with Crippen molar-refractivity contribution in [3.63, 3.8) is 0 Å². The zero-order valence-corrected chi connectivity index (χ0v) is 16.1. The van der Waals surface area contributed by atoms with E-state index in [4.69, 9.17) is 0 Å². The maximum absolute atomic E-state index is 12.7. The van der Waals surface area contributed by atoms with Crippen molar-refractivity contribution < 1.29 is 9.59 Å². The summed E-state index contributed by atoms with van der Waals surface area (Å²) in [6.45, 7) is 1.92. The lowest BCUT2D eigenvalue weighted by Crippen LogP contribution is -2.38. The number of nitrogens with zero attached hydrogens (tertiary/aromatic N) is 2. The number of aryl methyl sites for hydroxylation is 1. The quantitative estimate of drug-likeness (QED) is 0.863. The summed E-state index contributed by atoms with van der Waals surface area (Å²) < 4.78 is 0. The van der Waals surface area contributed by atoms with Crippen LogP contribution >= 0.6 is 11.3 Å². The molecule has 0 spiro atoms. The minimum atomic E-state index is -0.103. The Labute approximate surface area is 158 Å². The number of carbonyl (C=O) groups is 2. The van der Waals surface area contributed by atoms with E-state index in [1.54, 1.807) is 24.3 Å². The third-order valence-corrected chi connectivity index (χ3v) is 5.69. The lowest BCUT2D eigenvalue weighted by molar-refractivity contribution is -0.115. The largest absolute Gasteiger partial charge is 0.339 e. The topological polar surface area (TPSA) is 62.3 Å². The molecule has 26 heavy (non-hydrogen) atoms. The lowest BCUT2D eigenvalue weighted by atomic mass is 9.94. The first-order chi connectivity index (χ1) is 12.5. The molecule has 1 aromatic heterocycles. The third kappa shape index (κ3) is 4.69. The van der Waals surface area contributed by atoms with Gasteiger partial charge in [-0.05, 0) is 44.0 Å². The summed E-state index contributed by atoms with van der Waals surface area (Å²) in [6.07, 6.45) is 6.11. The monoisotopic (exact) mass is 371 g/mol. The van der Waals surface area contributed by atoms with Gasteiger partial charge in [-0.25, -0.2) is 4.98 Å². The van der Waals surface area contributed by atoms with Crippen molar-refractivity contribution >= 4 is 28.8 Å². The number of carbonyl (C=O) groups excluding carboxylic acids is 2. The first-order valence-corrected chi connectivity index (χ1v) is 9.99. The van der Waals surface area contributed by atoms with Crippen LogP contribution in [0, 0.1) is 6.92 Å². The molecule has 3 rings (SSSR count). The molecule has 138 valence electrons. The predicted molar refractivity (Wildman–Crippen MR) is 105 cm³/mol. The lowest BCUT2D eigenvalue weighted by Gasteiger charge is -2.31. The Morgan fingerprint density at radius 2 is 1.88 bits per heavy atom. The minimum Gasteiger partial charge on any atom is -0.339 e. The molecule has 0 aliphatic heterocycles. The van der Waals surface area contributed by atoms with Crippen molar-refractivity contribution in [2.75, 3.05) is 12.4 Å². The molecule has 0 atom stereocenters. The molecule has 1 aromatic carbocycles. The van der Waals surface area contributed by atoms with Crippen molar-refractivity contribution in [3.8, 4) is 0 Å². The minimum absolute atomic E-state index is 0.0488. The fraction of sp³-hybridized carbons (Fsp3) is 0.450. The van der Waals surface area contributed by atoms with Gasteiger partial charge in [-0.15, -0.1) is 11.3 Å². The number of nitrogens with one attached hydrogen (secondary N) is 1. The zero-order chi connectivity index (χ0) is 18.5. The van der Waals surface area contributed by atoms with Crippen LogP contribution < -0.4 is 5.32 Å². The van der Waals surface area contributed by atoms with Gasteiger partial charge in [0.25, 0.3) is 5.91 Å². The van der Waals surface area contributed by atoms with E-state index in [0.717, 1.165) is 23.5 Å². The second-order valence-electron chi connectivity index (χ2n) is 6.87. The smallest absolute Gasteiger partial charge is 0.253 e. The average molecular weight is 372 g/mol. The fourth-order valence-electron chi connectivity index (χ4n) is 3.39. The van der Waals surface area contributed by atoms with Crippen LogP contribution in [0.2, 0.25) is 0 Å². The average Bonchev–Trinajstić information content (AvgIpc) is 3.06. The van der Waals surface area contributed by atoms with Crippen LogP contribution in [0.15, 0.2) is 29.6 Å². The van der Waals surface area contributed by atoms with Gasteiger partial charge in [0.05, 0.1) is 17.1 Å². The Bertz CT molecular complexity index is 764. The molecule has 6 heteroatoms. The second-order valence-corrected chi connectivity index (χ2v) is 7.93. The molecule has 0 radical (unpaired) electrons. The molecule has 0 unspecified atom stereocenters. The van der Waals surface area contributed by atoms with Crippen LogP contribution in [0.4, 0.5) is 5.69 Å². The van der Waals surface area contributed by atoms with Gasteiger partial charge in [0, 0.05) is 29.7 Å². The van der Waals surface area contributed by atoms with E-state index in [-0.39, 0.29) is 18.2 Å². The second kappa shape index (κ2) is 8.45. The standard InChI is InChI=1S/C20H25N3O2S/c1-14-21-17(13-26-14)12-19(24)22-16-10-8-15(9-11-16)20(25)23(2)18-6-4-3-5-7-18/h8-11,13,18H,3-7,12H2,1-2H3,(H,22,24). The normalized spacial score (nSPS) is 14.8. The van der Waals surface area contributed by atoms with Crippen LogP contribution in [0.25, 0.3) is 0 Å². The molecular weight excluding hydrogens is 346 g/mol. The summed E-state index contributed by atoms with van der Waals surface area (Å²) in [4.78, 5) is 30.9. The SMILES string of the molecule is Cc1nc(CC(=O)Nc2ccc(C(=O)N(C)C3CCCCC3)cc2)cs1. The van der Waals surface area contributed by atoms with Crippen molar-refractivity contribution in [3.05, 3.63) is 45.9 Å². The Morgan fingerprint density at radius 3 is 2.50 bits per heavy atom. The number of anilines is 1.